The van der Waals surface area contributed by atoms with Crippen LogP contribution >= 0.6 is 11.3 Å². The summed E-state index contributed by atoms with van der Waals surface area (Å²) >= 11 is 1.20. The maximum absolute atomic E-state index is 12.0. The lowest BCUT2D eigenvalue weighted by Gasteiger charge is -2.06. The third-order valence-electron chi connectivity index (χ3n) is 3.46. The number of sulfone groups is 1. The summed E-state index contributed by atoms with van der Waals surface area (Å²) < 4.78 is 34.4. The Kier molecular flexibility index (Phi) is 5.10. The van der Waals surface area contributed by atoms with Gasteiger partial charge in [0, 0.05) is 6.26 Å². The second kappa shape index (κ2) is 7.30. The van der Waals surface area contributed by atoms with Gasteiger partial charge in [-0.3, -0.25) is 10.1 Å². The van der Waals surface area contributed by atoms with Crippen LogP contribution in [0, 0.1) is 0 Å². The molecule has 0 aliphatic heterocycles. The van der Waals surface area contributed by atoms with Crippen LogP contribution in [0.15, 0.2) is 47.4 Å². The molecule has 9 heteroatoms. The van der Waals surface area contributed by atoms with Crippen LogP contribution < -0.4 is 14.8 Å². The Morgan fingerprint density at radius 1 is 1.15 bits per heavy atom. The van der Waals surface area contributed by atoms with Gasteiger partial charge in [-0.25, -0.2) is 13.4 Å². The number of rotatable bonds is 6. The quantitative estimate of drug-likeness (QED) is 0.693. The van der Waals surface area contributed by atoms with Crippen LogP contribution in [0.5, 0.6) is 11.5 Å². The Hall–Kier alpha value is -2.65. The van der Waals surface area contributed by atoms with E-state index in [0.29, 0.717) is 26.8 Å². The highest BCUT2D eigenvalue weighted by molar-refractivity contribution is 7.90. The van der Waals surface area contributed by atoms with Gasteiger partial charge in [0.2, 0.25) is 0 Å². The first kappa shape index (κ1) is 18.2. The number of aromatic nitrogens is 1. The Morgan fingerprint density at radius 2 is 1.85 bits per heavy atom. The van der Waals surface area contributed by atoms with Gasteiger partial charge < -0.3 is 9.47 Å². The molecule has 0 aliphatic rings. The van der Waals surface area contributed by atoms with E-state index in [1.54, 1.807) is 43.5 Å². The summed E-state index contributed by atoms with van der Waals surface area (Å²) in [6.07, 6.45) is 1.15. The lowest BCUT2D eigenvalue weighted by Crippen LogP contribution is -2.19. The van der Waals surface area contributed by atoms with Crippen LogP contribution in [0.25, 0.3) is 10.2 Å². The molecule has 0 aliphatic carbocycles. The molecular weight excluding hydrogens is 376 g/mol. The van der Waals surface area contributed by atoms with Gasteiger partial charge in [-0.05, 0) is 42.5 Å². The highest BCUT2D eigenvalue weighted by Gasteiger charge is 2.12. The third kappa shape index (κ3) is 4.30. The van der Waals surface area contributed by atoms with Crippen molar-refractivity contribution in [2.45, 2.75) is 4.90 Å². The van der Waals surface area contributed by atoms with Gasteiger partial charge in [0.15, 0.2) is 21.6 Å². The maximum atomic E-state index is 12.0. The van der Waals surface area contributed by atoms with Crippen LogP contribution in [-0.2, 0) is 14.6 Å². The summed E-state index contributed by atoms with van der Waals surface area (Å²) in [6.45, 7) is -0.170. The fourth-order valence-electron chi connectivity index (χ4n) is 2.17. The molecule has 136 valence electrons. The van der Waals surface area contributed by atoms with Gasteiger partial charge in [0.25, 0.3) is 5.91 Å². The number of benzene rings is 2. The van der Waals surface area contributed by atoms with E-state index in [2.05, 4.69) is 10.3 Å². The summed E-state index contributed by atoms with van der Waals surface area (Å²) in [5.41, 5.74) is 0.619. The molecule has 0 spiro atoms. The standard InChI is InChI=1S/C17H16N2O5S2/c1-23-11-3-5-12(6-4-11)24-10-16(20)19-17-18-14-8-7-13(26(2,21)22)9-15(14)25-17/h3-9H,10H2,1-2H3,(H,18,19,20). The normalized spacial score (nSPS) is 11.3. The summed E-state index contributed by atoms with van der Waals surface area (Å²) in [5.74, 6) is 0.885. The minimum Gasteiger partial charge on any atom is -0.497 e. The average Bonchev–Trinajstić information content (AvgIpc) is 3.01. The summed E-state index contributed by atoms with van der Waals surface area (Å²) in [5, 5.41) is 3.04. The SMILES string of the molecule is COc1ccc(OCC(=O)Nc2nc3ccc(S(C)(=O)=O)cc3s2)cc1. The van der Waals surface area contributed by atoms with Crippen LogP contribution in [0.2, 0.25) is 0 Å². The molecular formula is C17H16N2O5S2. The van der Waals surface area contributed by atoms with Crippen LogP contribution in [0.4, 0.5) is 5.13 Å². The van der Waals surface area contributed by atoms with E-state index in [9.17, 15) is 13.2 Å². The highest BCUT2D eigenvalue weighted by atomic mass is 32.2. The zero-order chi connectivity index (χ0) is 18.7. The Bertz CT molecular complexity index is 1040. The third-order valence-corrected chi connectivity index (χ3v) is 5.51. The van der Waals surface area contributed by atoms with Gasteiger partial charge in [-0.2, -0.15) is 0 Å². The summed E-state index contributed by atoms with van der Waals surface area (Å²) in [4.78, 5) is 16.5. The zero-order valence-corrected chi connectivity index (χ0v) is 15.7. The summed E-state index contributed by atoms with van der Waals surface area (Å²) in [7, 11) is -1.72. The smallest absolute Gasteiger partial charge is 0.264 e. The van der Waals surface area contributed by atoms with Crippen molar-refractivity contribution in [2.75, 3.05) is 25.3 Å². The molecule has 3 aromatic rings. The second-order valence-corrected chi connectivity index (χ2v) is 8.48. The van der Waals surface area contributed by atoms with Crippen molar-refractivity contribution in [3.63, 3.8) is 0 Å². The first-order valence-electron chi connectivity index (χ1n) is 7.52. The van der Waals surface area contributed by atoms with Crippen LogP contribution in [-0.4, -0.2) is 39.3 Å². The number of nitrogens with one attached hydrogen (secondary N) is 1. The minimum absolute atomic E-state index is 0.170. The molecule has 0 radical (unpaired) electrons. The van der Waals surface area contributed by atoms with Crippen molar-refractivity contribution in [1.29, 1.82) is 0 Å². The van der Waals surface area contributed by atoms with E-state index < -0.39 is 9.84 Å². The number of carbonyl (C=O) groups is 1. The molecule has 1 N–H and O–H groups in total. The number of methoxy groups -OCH3 is 1. The molecule has 0 bridgehead atoms. The van der Waals surface area contributed by atoms with Gasteiger partial charge >= 0.3 is 0 Å². The molecule has 0 saturated carbocycles. The maximum Gasteiger partial charge on any atom is 0.264 e. The topological polar surface area (TPSA) is 94.6 Å². The molecule has 0 atom stereocenters. The van der Waals surface area contributed by atoms with Crippen molar-refractivity contribution in [3.8, 4) is 11.5 Å². The van der Waals surface area contributed by atoms with Gasteiger partial charge in [-0.1, -0.05) is 11.3 Å². The second-order valence-electron chi connectivity index (χ2n) is 5.43. The predicted molar refractivity (Wildman–Crippen MR) is 99.8 cm³/mol. The molecule has 1 amide bonds. The number of thiazole rings is 1. The van der Waals surface area contributed by atoms with Crippen molar-refractivity contribution in [1.82, 2.24) is 4.98 Å². The highest BCUT2D eigenvalue weighted by Crippen LogP contribution is 2.28. The molecule has 3 rings (SSSR count). The molecule has 1 heterocycles. The fourth-order valence-corrected chi connectivity index (χ4v) is 3.81. The number of carbonyl (C=O) groups excluding carboxylic acids is 1. The van der Waals surface area contributed by atoms with E-state index in [1.165, 1.54) is 17.4 Å². The average molecular weight is 392 g/mol. The number of anilines is 1. The molecule has 0 unspecified atom stereocenters. The molecule has 0 fully saturated rings. The Balaban J connectivity index is 1.65. The van der Waals surface area contributed by atoms with Gasteiger partial charge in [0.05, 0.1) is 22.2 Å². The predicted octanol–water partition coefficient (Wildman–Crippen LogP) is 2.73. The number of fused-ring (bicyclic) bond motifs is 1. The lowest BCUT2D eigenvalue weighted by atomic mass is 10.3. The Morgan fingerprint density at radius 3 is 2.50 bits per heavy atom. The first-order chi connectivity index (χ1) is 12.3. The van der Waals surface area contributed by atoms with Crippen molar-refractivity contribution in [3.05, 3.63) is 42.5 Å². The largest absolute Gasteiger partial charge is 0.497 e. The molecule has 7 nitrogen and oxygen atoms in total. The monoisotopic (exact) mass is 392 g/mol. The molecule has 0 saturated heterocycles. The van der Waals surface area contributed by atoms with Crippen LogP contribution in [0.1, 0.15) is 0 Å². The molecule has 26 heavy (non-hydrogen) atoms. The molecule has 2 aromatic carbocycles. The van der Waals surface area contributed by atoms with Crippen molar-refractivity contribution in [2.24, 2.45) is 0 Å². The number of hydrogen-bond donors (Lipinski definition) is 1. The first-order valence-corrected chi connectivity index (χ1v) is 10.2. The van der Waals surface area contributed by atoms with E-state index >= 15 is 0 Å². The fraction of sp³-hybridized carbons (Fsp3) is 0.176. The zero-order valence-electron chi connectivity index (χ0n) is 14.1. The summed E-state index contributed by atoms with van der Waals surface area (Å²) in [6, 6.07) is 11.5. The molecule has 1 aromatic heterocycles. The van der Waals surface area contributed by atoms with Crippen LogP contribution in [0.3, 0.4) is 0 Å². The number of ether oxygens (including phenoxy) is 2. The van der Waals surface area contributed by atoms with Crippen molar-refractivity contribution < 1.29 is 22.7 Å². The number of nitrogens with zero attached hydrogens (tertiary/aromatic N) is 1. The van der Waals surface area contributed by atoms with E-state index in [4.69, 9.17) is 9.47 Å². The number of hydrogen-bond acceptors (Lipinski definition) is 7. The van der Waals surface area contributed by atoms with E-state index in [-0.39, 0.29) is 17.4 Å². The van der Waals surface area contributed by atoms with Gasteiger partial charge in [0.1, 0.15) is 11.5 Å². The lowest BCUT2D eigenvalue weighted by molar-refractivity contribution is -0.118. The Labute approximate surface area is 154 Å². The number of amides is 1. The van der Waals surface area contributed by atoms with Crippen molar-refractivity contribution >= 4 is 42.4 Å². The van der Waals surface area contributed by atoms with E-state index in [1.807, 2.05) is 0 Å². The van der Waals surface area contributed by atoms with Gasteiger partial charge in [-0.15, -0.1) is 0 Å². The van der Waals surface area contributed by atoms with E-state index in [0.717, 1.165) is 6.26 Å². The minimum atomic E-state index is -3.29.